The van der Waals surface area contributed by atoms with Crippen LogP contribution in [0.2, 0.25) is 0 Å². The predicted molar refractivity (Wildman–Crippen MR) is 129 cm³/mol. The van der Waals surface area contributed by atoms with E-state index in [0.717, 1.165) is 37.9 Å². The van der Waals surface area contributed by atoms with Gasteiger partial charge in [-0.2, -0.15) is 0 Å². The highest BCUT2D eigenvalue weighted by molar-refractivity contribution is 5.85. The van der Waals surface area contributed by atoms with Crippen molar-refractivity contribution in [1.82, 2.24) is 15.5 Å². The maximum atomic E-state index is 12.7. The third-order valence-electron chi connectivity index (χ3n) is 5.95. The van der Waals surface area contributed by atoms with Crippen molar-refractivity contribution >= 4 is 11.9 Å². The summed E-state index contributed by atoms with van der Waals surface area (Å²) in [5.74, 6) is 1.32. The molecule has 3 rings (SSSR count). The van der Waals surface area contributed by atoms with E-state index in [1.54, 1.807) is 0 Å². The van der Waals surface area contributed by atoms with Gasteiger partial charge in [0.05, 0.1) is 6.10 Å². The highest BCUT2D eigenvalue weighted by Gasteiger charge is 2.22. The van der Waals surface area contributed by atoms with E-state index >= 15 is 0 Å². The quantitative estimate of drug-likeness (QED) is 0.417. The monoisotopic (exact) mass is 436 g/mol. The fraction of sp³-hybridized carbons (Fsp3) is 0.462. The highest BCUT2D eigenvalue weighted by Crippen LogP contribution is 2.21. The summed E-state index contributed by atoms with van der Waals surface area (Å²) in [4.78, 5) is 19.1. The van der Waals surface area contributed by atoms with E-state index in [2.05, 4.69) is 39.9 Å². The minimum atomic E-state index is -0.523. The molecule has 1 heterocycles. The highest BCUT2D eigenvalue weighted by atomic mass is 16.3. The lowest BCUT2D eigenvalue weighted by Gasteiger charge is -2.32. The molecule has 0 aliphatic carbocycles. The number of aliphatic hydroxyl groups is 1. The number of piperidine rings is 1. The lowest BCUT2D eigenvalue weighted by atomic mass is 9.90. The number of aliphatic hydroxyl groups excluding tert-OH is 1. The van der Waals surface area contributed by atoms with Crippen LogP contribution in [0.1, 0.15) is 43.4 Å². The Balaban J connectivity index is 1.40. The molecular formula is C26H36N4O2. The molecule has 6 heteroatoms. The summed E-state index contributed by atoms with van der Waals surface area (Å²) in [5.41, 5.74) is 2.28. The summed E-state index contributed by atoms with van der Waals surface area (Å²) < 4.78 is 0. The zero-order chi connectivity index (χ0) is 22.6. The van der Waals surface area contributed by atoms with Gasteiger partial charge in [-0.3, -0.25) is 4.79 Å². The number of nitrogens with one attached hydrogen (secondary N) is 2. The Morgan fingerprint density at radius 3 is 2.38 bits per heavy atom. The number of aliphatic imine (C=N–C) groups is 1. The first-order valence-corrected chi connectivity index (χ1v) is 11.7. The Bertz CT molecular complexity index is 833. The molecule has 0 spiro atoms. The molecule has 32 heavy (non-hydrogen) atoms. The molecule has 0 saturated carbocycles. The van der Waals surface area contributed by atoms with Crippen molar-refractivity contribution in [3.63, 3.8) is 0 Å². The molecule has 6 nitrogen and oxygen atoms in total. The maximum Gasteiger partial charge on any atom is 0.244 e. The van der Waals surface area contributed by atoms with E-state index in [0.29, 0.717) is 31.4 Å². The molecule has 3 N–H and O–H groups in total. The topological polar surface area (TPSA) is 77.0 Å². The predicted octanol–water partition coefficient (Wildman–Crippen LogP) is 3.15. The van der Waals surface area contributed by atoms with Crippen LogP contribution >= 0.6 is 0 Å². The lowest BCUT2D eigenvalue weighted by Crippen LogP contribution is -2.42. The second-order valence-corrected chi connectivity index (χ2v) is 8.35. The fourth-order valence-corrected chi connectivity index (χ4v) is 4.09. The number of hydrogen-bond donors (Lipinski definition) is 3. The maximum absolute atomic E-state index is 12.7. The van der Waals surface area contributed by atoms with Gasteiger partial charge in [-0.25, -0.2) is 4.99 Å². The van der Waals surface area contributed by atoms with Gasteiger partial charge in [0.1, 0.15) is 6.54 Å². The largest absolute Gasteiger partial charge is 0.388 e. The normalized spacial score (nSPS) is 15.9. The van der Waals surface area contributed by atoms with E-state index in [-0.39, 0.29) is 12.5 Å². The Morgan fingerprint density at radius 1 is 1.06 bits per heavy atom. The first kappa shape index (κ1) is 23.8. The van der Waals surface area contributed by atoms with E-state index in [4.69, 9.17) is 0 Å². The Hall–Kier alpha value is -2.86. The number of nitrogens with zero attached hydrogens (tertiary/aromatic N) is 2. The molecule has 1 aliphatic heterocycles. The van der Waals surface area contributed by atoms with Crippen LogP contribution in [0.5, 0.6) is 0 Å². The van der Waals surface area contributed by atoms with Crippen LogP contribution in [0.4, 0.5) is 0 Å². The van der Waals surface area contributed by atoms with Crippen LogP contribution < -0.4 is 10.6 Å². The molecule has 172 valence electrons. The first-order chi connectivity index (χ1) is 15.7. The van der Waals surface area contributed by atoms with E-state index < -0.39 is 6.10 Å². The van der Waals surface area contributed by atoms with Gasteiger partial charge in [0.2, 0.25) is 5.91 Å². The van der Waals surface area contributed by atoms with Gasteiger partial charge < -0.3 is 20.6 Å². The summed E-state index contributed by atoms with van der Waals surface area (Å²) >= 11 is 0. The summed E-state index contributed by atoms with van der Waals surface area (Å²) in [6.45, 7) is 5.03. The van der Waals surface area contributed by atoms with Crippen LogP contribution in [-0.2, 0) is 11.2 Å². The Kier molecular flexibility index (Phi) is 9.57. The number of rotatable bonds is 9. The van der Waals surface area contributed by atoms with Crippen molar-refractivity contribution in [1.29, 1.82) is 0 Å². The third-order valence-corrected chi connectivity index (χ3v) is 5.95. The Labute approximate surface area is 191 Å². The SMILES string of the molecule is CCNC(=NCC(=O)N1CCC(Cc2ccccc2)CC1)NCCC(O)c1ccccc1. The molecule has 1 aliphatic rings. The van der Waals surface area contributed by atoms with E-state index in [1.165, 1.54) is 5.56 Å². The standard InChI is InChI=1S/C26H36N4O2/c1-2-27-26(28-16-13-24(31)23-11-7-4-8-12-23)29-20-25(32)30-17-14-22(15-18-30)19-21-9-5-3-6-10-21/h3-12,22,24,31H,2,13-20H2,1H3,(H2,27,28,29). The number of guanidine groups is 1. The van der Waals surface area contributed by atoms with Crippen LogP contribution in [0, 0.1) is 5.92 Å². The van der Waals surface area contributed by atoms with E-state index in [1.807, 2.05) is 48.2 Å². The number of hydrogen-bond acceptors (Lipinski definition) is 3. The molecule has 1 fully saturated rings. The van der Waals surface area contributed by atoms with Gasteiger partial charge in [0.15, 0.2) is 5.96 Å². The summed E-state index contributed by atoms with van der Waals surface area (Å²) in [6, 6.07) is 20.2. The van der Waals surface area contributed by atoms with Crippen molar-refractivity contribution in [3.8, 4) is 0 Å². The number of likely N-dealkylation sites (tertiary alicyclic amines) is 1. The van der Waals surface area contributed by atoms with Gasteiger partial charge in [-0.05, 0) is 49.7 Å². The van der Waals surface area contributed by atoms with Crippen molar-refractivity contribution in [2.24, 2.45) is 10.9 Å². The van der Waals surface area contributed by atoms with Gasteiger partial charge in [-0.15, -0.1) is 0 Å². The fourth-order valence-electron chi connectivity index (χ4n) is 4.09. The second kappa shape index (κ2) is 12.9. The summed E-state index contributed by atoms with van der Waals surface area (Å²) in [5, 5.41) is 16.7. The van der Waals surface area contributed by atoms with Gasteiger partial charge >= 0.3 is 0 Å². The average Bonchev–Trinajstić information content (AvgIpc) is 2.84. The molecule has 2 aromatic rings. The second-order valence-electron chi connectivity index (χ2n) is 8.35. The molecule has 1 amide bonds. The van der Waals surface area contributed by atoms with Crippen LogP contribution in [0.25, 0.3) is 0 Å². The molecule has 1 unspecified atom stereocenters. The molecule has 2 aromatic carbocycles. The van der Waals surface area contributed by atoms with Gasteiger partial charge in [-0.1, -0.05) is 60.7 Å². The molecule has 1 atom stereocenters. The van der Waals surface area contributed by atoms with Crippen LogP contribution in [-0.4, -0.2) is 54.6 Å². The Morgan fingerprint density at radius 2 is 1.72 bits per heavy atom. The van der Waals surface area contributed by atoms with Crippen molar-refractivity contribution in [3.05, 3.63) is 71.8 Å². The molecular weight excluding hydrogens is 400 g/mol. The van der Waals surface area contributed by atoms with Gasteiger partial charge in [0.25, 0.3) is 0 Å². The molecule has 0 bridgehead atoms. The zero-order valence-electron chi connectivity index (χ0n) is 19.0. The van der Waals surface area contributed by atoms with Crippen LogP contribution in [0.15, 0.2) is 65.7 Å². The smallest absolute Gasteiger partial charge is 0.244 e. The zero-order valence-corrected chi connectivity index (χ0v) is 19.0. The first-order valence-electron chi connectivity index (χ1n) is 11.7. The average molecular weight is 437 g/mol. The number of amides is 1. The van der Waals surface area contributed by atoms with Crippen molar-refractivity contribution in [2.45, 2.75) is 38.7 Å². The summed E-state index contributed by atoms with van der Waals surface area (Å²) in [6.07, 6.45) is 3.22. The molecule has 0 radical (unpaired) electrons. The minimum Gasteiger partial charge on any atom is -0.388 e. The van der Waals surface area contributed by atoms with Crippen LogP contribution in [0.3, 0.4) is 0 Å². The van der Waals surface area contributed by atoms with Gasteiger partial charge in [0, 0.05) is 26.2 Å². The van der Waals surface area contributed by atoms with Crippen molar-refractivity contribution < 1.29 is 9.90 Å². The number of carbonyl (C=O) groups is 1. The molecule has 1 saturated heterocycles. The van der Waals surface area contributed by atoms with Crippen molar-refractivity contribution in [2.75, 3.05) is 32.7 Å². The molecule has 0 aromatic heterocycles. The van der Waals surface area contributed by atoms with E-state index in [9.17, 15) is 9.90 Å². The minimum absolute atomic E-state index is 0.0738. The summed E-state index contributed by atoms with van der Waals surface area (Å²) in [7, 11) is 0. The number of benzene rings is 2. The lowest BCUT2D eigenvalue weighted by molar-refractivity contribution is -0.130. The third kappa shape index (κ3) is 7.68. The number of carbonyl (C=O) groups excluding carboxylic acids is 1.